The molecule has 0 amide bonds. The predicted molar refractivity (Wildman–Crippen MR) is 250 cm³/mol. The van der Waals surface area contributed by atoms with Crippen LogP contribution < -0.4 is 0 Å². The number of carbonyl (C=O) groups is 2. The van der Waals surface area contributed by atoms with E-state index in [9.17, 15) is 9.59 Å². The third-order valence-corrected chi connectivity index (χ3v) is 17.1. The van der Waals surface area contributed by atoms with Gasteiger partial charge in [0.1, 0.15) is 12.2 Å². The molecule has 5 heteroatoms. The van der Waals surface area contributed by atoms with Crippen molar-refractivity contribution in [2.75, 3.05) is 20.1 Å². The number of rotatable bonds is 35. The number of carbonyl (C=O) groups excluding carboxylic acids is 2. The van der Waals surface area contributed by atoms with Crippen molar-refractivity contribution in [1.82, 2.24) is 4.90 Å². The fraction of sp³-hybridized carbons (Fsp3) is 0.964. The summed E-state index contributed by atoms with van der Waals surface area (Å²) in [5.41, 5.74) is 0. The van der Waals surface area contributed by atoms with Crippen molar-refractivity contribution in [3.63, 3.8) is 0 Å². The summed E-state index contributed by atoms with van der Waals surface area (Å²) >= 11 is 0. The summed E-state index contributed by atoms with van der Waals surface area (Å²) in [6.07, 6.45) is 46.9. The monoisotopic (exact) mass is 836 g/mol. The quantitative estimate of drug-likeness (QED) is 0.0470. The van der Waals surface area contributed by atoms with Crippen LogP contribution in [0.25, 0.3) is 0 Å². The molecule has 10 unspecified atom stereocenters. The van der Waals surface area contributed by atoms with Crippen LogP contribution in [0, 0.1) is 59.2 Å². The Bertz CT molecular complexity index is 1140. The standard InChI is InChI=1S/C55H97NO4/c1-4-6-16-22-44-36-48(44)40-50-38-46(50)24-18-12-8-10-14-20-26-52(59-54(57)35-42-28-29-53(34-42)60-55(58)43-30-32-56(3)33-31-43)27-21-15-11-9-13-19-25-47-39-51(47)41-49-37-45(49)23-17-7-5-2/h42-53H,4-41H2,1-3H3. The lowest BCUT2D eigenvalue weighted by Crippen LogP contribution is -2.35. The summed E-state index contributed by atoms with van der Waals surface area (Å²) in [5, 5.41) is 0. The van der Waals surface area contributed by atoms with Gasteiger partial charge in [0, 0.05) is 6.42 Å². The van der Waals surface area contributed by atoms with Gasteiger partial charge in [-0.05, 0) is 170 Å². The molecule has 60 heavy (non-hydrogen) atoms. The summed E-state index contributed by atoms with van der Waals surface area (Å²) in [4.78, 5) is 28.4. The maximum Gasteiger partial charge on any atom is 0.309 e. The highest BCUT2D eigenvalue weighted by Crippen LogP contribution is 2.55. The molecule has 0 radical (unpaired) electrons. The minimum absolute atomic E-state index is 0.00518. The number of likely N-dealkylation sites (tertiary alicyclic amines) is 1. The van der Waals surface area contributed by atoms with Crippen LogP contribution in [-0.4, -0.2) is 49.2 Å². The lowest BCUT2D eigenvalue weighted by Gasteiger charge is -2.28. The van der Waals surface area contributed by atoms with Crippen molar-refractivity contribution >= 4 is 11.9 Å². The van der Waals surface area contributed by atoms with E-state index in [1.165, 1.54) is 154 Å². The Balaban J connectivity index is 0.796. The predicted octanol–water partition coefficient (Wildman–Crippen LogP) is 15.1. The Labute approximate surface area is 371 Å². The van der Waals surface area contributed by atoms with Crippen LogP contribution in [0.3, 0.4) is 0 Å². The molecule has 10 atom stereocenters. The molecule has 1 aliphatic heterocycles. The summed E-state index contributed by atoms with van der Waals surface area (Å²) in [5.74, 6) is 8.99. The molecule has 1 saturated heterocycles. The summed E-state index contributed by atoms with van der Waals surface area (Å²) < 4.78 is 12.3. The van der Waals surface area contributed by atoms with E-state index >= 15 is 0 Å². The van der Waals surface area contributed by atoms with E-state index < -0.39 is 0 Å². The fourth-order valence-electron chi connectivity index (χ4n) is 12.4. The van der Waals surface area contributed by atoms with Gasteiger partial charge in [-0.3, -0.25) is 9.59 Å². The molecule has 0 aromatic carbocycles. The maximum atomic E-state index is 13.3. The van der Waals surface area contributed by atoms with Crippen LogP contribution >= 0.6 is 0 Å². The van der Waals surface area contributed by atoms with Crippen LogP contribution in [0.1, 0.15) is 245 Å². The van der Waals surface area contributed by atoms with Crippen LogP contribution in [-0.2, 0) is 19.1 Å². The molecular formula is C55H97NO4. The number of esters is 2. The first kappa shape index (κ1) is 48.4. The number of piperidine rings is 1. The highest BCUT2D eigenvalue weighted by molar-refractivity contribution is 5.73. The normalized spacial score (nSPS) is 31.6. The molecule has 0 N–H and O–H groups in total. The second kappa shape index (κ2) is 26.6. The van der Waals surface area contributed by atoms with Crippen molar-refractivity contribution < 1.29 is 19.1 Å². The third kappa shape index (κ3) is 18.6. The van der Waals surface area contributed by atoms with E-state index in [-0.39, 0.29) is 36.0 Å². The topological polar surface area (TPSA) is 55.8 Å². The Hall–Kier alpha value is -1.10. The van der Waals surface area contributed by atoms with Gasteiger partial charge in [-0.25, -0.2) is 0 Å². The molecular weight excluding hydrogens is 739 g/mol. The highest BCUT2D eigenvalue weighted by atomic mass is 16.5. The Morgan fingerprint density at radius 3 is 1.42 bits per heavy atom. The average molecular weight is 836 g/mol. The average Bonchev–Trinajstić information content (AvgIpc) is 4.14. The van der Waals surface area contributed by atoms with E-state index in [4.69, 9.17) is 9.47 Å². The zero-order chi connectivity index (χ0) is 41.9. The van der Waals surface area contributed by atoms with E-state index in [1.807, 2.05) is 0 Å². The molecule has 5 aliphatic carbocycles. The fourth-order valence-corrected chi connectivity index (χ4v) is 12.4. The van der Waals surface area contributed by atoms with Crippen LogP contribution in [0.5, 0.6) is 0 Å². The zero-order valence-electron chi connectivity index (χ0n) is 39.9. The number of hydrogen-bond donors (Lipinski definition) is 0. The Kier molecular flexibility index (Phi) is 21.5. The first-order valence-electron chi connectivity index (χ1n) is 27.5. The van der Waals surface area contributed by atoms with Gasteiger partial charge >= 0.3 is 11.9 Å². The van der Waals surface area contributed by atoms with Crippen molar-refractivity contribution in [1.29, 1.82) is 0 Å². The Morgan fingerprint density at radius 1 is 0.517 bits per heavy atom. The summed E-state index contributed by atoms with van der Waals surface area (Å²) in [6, 6.07) is 0. The smallest absolute Gasteiger partial charge is 0.309 e. The largest absolute Gasteiger partial charge is 0.462 e. The zero-order valence-corrected chi connectivity index (χ0v) is 39.9. The van der Waals surface area contributed by atoms with E-state index in [2.05, 4.69) is 25.8 Å². The molecule has 0 aromatic heterocycles. The Morgan fingerprint density at radius 2 is 0.950 bits per heavy atom. The summed E-state index contributed by atoms with van der Waals surface area (Å²) in [7, 11) is 2.13. The minimum Gasteiger partial charge on any atom is -0.462 e. The summed E-state index contributed by atoms with van der Waals surface area (Å²) in [6.45, 7) is 6.60. The molecule has 0 bridgehead atoms. The SMILES string of the molecule is CCCCCC1CC1CC1CC1CCCCCCCCC(CCCCCCCCC1CC1CC1CC1CCCCC)OC(=O)CC1CCC(OC(=O)C2CCN(C)CC2)C1. The molecule has 5 nitrogen and oxygen atoms in total. The van der Waals surface area contributed by atoms with Crippen molar-refractivity contribution in [2.45, 2.75) is 257 Å². The lowest BCUT2D eigenvalue weighted by molar-refractivity contribution is -0.155. The highest BCUT2D eigenvalue weighted by Gasteiger charge is 2.45. The second-order valence-electron chi connectivity index (χ2n) is 22.5. The first-order chi connectivity index (χ1) is 29.4. The molecule has 346 valence electrons. The maximum absolute atomic E-state index is 13.3. The number of hydrogen-bond acceptors (Lipinski definition) is 5. The first-order valence-corrected chi connectivity index (χ1v) is 27.5. The van der Waals surface area contributed by atoms with Crippen molar-refractivity contribution in [3.05, 3.63) is 0 Å². The van der Waals surface area contributed by atoms with Gasteiger partial charge in [-0.2, -0.15) is 0 Å². The number of nitrogens with zero attached hydrogens (tertiary/aromatic N) is 1. The molecule has 6 fully saturated rings. The molecule has 0 spiro atoms. The van der Waals surface area contributed by atoms with Crippen molar-refractivity contribution in [2.24, 2.45) is 59.2 Å². The van der Waals surface area contributed by atoms with E-state index in [0.29, 0.717) is 6.42 Å². The molecule has 0 aromatic rings. The minimum atomic E-state index is -0.0200. The van der Waals surface area contributed by atoms with E-state index in [1.54, 1.807) is 25.7 Å². The number of ether oxygens (including phenoxy) is 2. The van der Waals surface area contributed by atoms with Crippen molar-refractivity contribution in [3.8, 4) is 0 Å². The molecule has 6 aliphatic rings. The van der Waals surface area contributed by atoms with Gasteiger partial charge in [0.2, 0.25) is 0 Å². The van der Waals surface area contributed by atoms with Gasteiger partial charge in [0.15, 0.2) is 0 Å². The van der Waals surface area contributed by atoms with E-state index in [0.717, 1.165) is 105 Å². The second-order valence-corrected chi connectivity index (χ2v) is 22.5. The lowest BCUT2D eigenvalue weighted by atomic mass is 9.97. The van der Waals surface area contributed by atoms with Crippen LogP contribution in [0.2, 0.25) is 0 Å². The van der Waals surface area contributed by atoms with Gasteiger partial charge in [-0.15, -0.1) is 0 Å². The van der Waals surface area contributed by atoms with Gasteiger partial charge < -0.3 is 14.4 Å². The van der Waals surface area contributed by atoms with Gasteiger partial charge in [0.25, 0.3) is 0 Å². The molecule has 5 saturated carbocycles. The number of unbranched alkanes of at least 4 members (excludes halogenated alkanes) is 14. The van der Waals surface area contributed by atoms with Crippen LogP contribution in [0.4, 0.5) is 0 Å². The van der Waals surface area contributed by atoms with Gasteiger partial charge in [0.05, 0.1) is 5.92 Å². The van der Waals surface area contributed by atoms with Crippen LogP contribution in [0.15, 0.2) is 0 Å². The molecule has 1 heterocycles. The van der Waals surface area contributed by atoms with Gasteiger partial charge in [-0.1, -0.05) is 142 Å². The third-order valence-electron chi connectivity index (χ3n) is 17.1. The molecule has 6 rings (SSSR count).